The molecule has 1 unspecified atom stereocenters. The number of aliphatic hydroxyl groups excluding tert-OH is 1. The topological polar surface area (TPSA) is 61.7 Å². The number of benzene rings is 1. The molecule has 3 N–H and O–H groups in total. The summed E-state index contributed by atoms with van der Waals surface area (Å²) in [7, 11) is 1.50. The molecule has 0 saturated carbocycles. The van der Waals surface area contributed by atoms with Crippen LogP contribution < -0.4 is 10.1 Å². The smallest absolute Gasteiger partial charge is 0.160 e. The van der Waals surface area contributed by atoms with Crippen molar-refractivity contribution >= 4 is 0 Å². The van der Waals surface area contributed by atoms with Crippen molar-refractivity contribution in [2.45, 2.75) is 19.4 Å². The minimum Gasteiger partial charge on any atom is -0.504 e. The van der Waals surface area contributed by atoms with Gasteiger partial charge < -0.3 is 20.3 Å². The van der Waals surface area contributed by atoms with Gasteiger partial charge >= 0.3 is 0 Å². The summed E-state index contributed by atoms with van der Waals surface area (Å²) in [5.74, 6) is 0.512. The van der Waals surface area contributed by atoms with Crippen LogP contribution in [0.25, 0.3) is 0 Å². The van der Waals surface area contributed by atoms with Gasteiger partial charge in [-0.05, 0) is 31.2 Å². The highest BCUT2D eigenvalue weighted by Crippen LogP contribution is 2.31. The van der Waals surface area contributed by atoms with Crippen LogP contribution in [0.1, 0.15) is 19.4 Å². The van der Waals surface area contributed by atoms with Crippen LogP contribution in [-0.2, 0) is 5.54 Å². The van der Waals surface area contributed by atoms with Gasteiger partial charge in [0, 0.05) is 0 Å². The SMILES string of the molecule is CCNC(C)(CO)c1ccc(O)c(OC)c1. The normalized spacial score (nSPS) is 14.5. The third kappa shape index (κ3) is 2.46. The van der Waals surface area contributed by atoms with E-state index in [2.05, 4.69) is 5.32 Å². The van der Waals surface area contributed by atoms with Gasteiger partial charge in [0.25, 0.3) is 0 Å². The van der Waals surface area contributed by atoms with Crippen LogP contribution in [0, 0.1) is 0 Å². The molecule has 1 aromatic rings. The van der Waals surface area contributed by atoms with Crippen LogP contribution in [0.3, 0.4) is 0 Å². The maximum Gasteiger partial charge on any atom is 0.160 e. The Hall–Kier alpha value is -1.26. The Bertz CT molecular complexity index is 354. The average molecular weight is 225 g/mol. The van der Waals surface area contributed by atoms with Crippen LogP contribution in [-0.4, -0.2) is 30.5 Å². The number of ether oxygens (including phenoxy) is 1. The van der Waals surface area contributed by atoms with Gasteiger partial charge in [-0.15, -0.1) is 0 Å². The molecule has 0 aromatic heterocycles. The van der Waals surface area contributed by atoms with E-state index in [0.29, 0.717) is 5.75 Å². The molecule has 1 rings (SSSR count). The molecule has 16 heavy (non-hydrogen) atoms. The summed E-state index contributed by atoms with van der Waals surface area (Å²) in [6.45, 7) is 4.61. The van der Waals surface area contributed by atoms with Crippen LogP contribution in [0.5, 0.6) is 11.5 Å². The highest BCUT2D eigenvalue weighted by Gasteiger charge is 2.25. The van der Waals surface area contributed by atoms with Gasteiger partial charge in [-0.3, -0.25) is 0 Å². The minimum atomic E-state index is -0.518. The molecule has 0 aliphatic heterocycles. The van der Waals surface area contributed by atoms with Crippen molar-refractivity contribution in [1.82, 2.24) is 5.32 Å². The zero-order valence-corrected chi connectivity index (χ0v) is 9.95. The van der Waals surface area contributed by atoms with Gasteiger partial charge in [0.05, 0.1) is 19.3 Å². The van der Waals surface area contributed by atoms with E-state index in [1.807, 2.05) is 13.8 Å². The minimum absolute atomic E-state index is 0.0191. The number of phenolic OH excluding ortho intramolecular Hbond substituents is 1. The first-order valence-electron chi connectivity index (χ1n) is 5.30. The van der Waals surface area contributed by atoms with Gasteiger partial charge in [0.2, 0.25) is 0 Å². The van der Waals surface area contributed by atoms with Crippen LogP contribution in [0.4, 0.5) is 0 Å². The number of hydrogen-bond donors (Lipinski definition) is 3. The van der Waals surface area contributed by atoms with Crippen molar-refractivity contribution < 1.29 is 14.9 Å². The Kier molecular flexibility index (Phi) is 4.15. The first kappa shape index (κ1) is 12.8. The summed E-state index contributed by atoms with van der Waals surface area (Å²) in [5.41, 5.74) is 0.363. The van der Waals surface area contributed by atoms with E-state index in [1.54, 1.807) is 18.2 Å². The van der Waals surface area contributed by atoms with Gasteiger partial charge in [0.1, 0.15) is 0 Å². The summed E-state index contributed by atoms with van der Waals surface area (Å²) in [6, 6.07) is 5.07. The second-order valence-electron chi connectivity index (χ2n) is 3.91. The van der Waals surface area contributed by atoms with Gasteiger partial charge in [0.15, 0.2) is 11.5 Å². The van der Waals surface area contributed by atoms with E-state index in [0.717, 1.165) is 12.1 Å². The Balaban J connectivity index is 3.10. The van der Waals surface area contributed by atoms with E-state index < -0.39 is 5.54 Å². The Morgan fingerprint density at radius 1 is 1.44 bits per heavy atom. The van der Waals surface area contributed by atoms with Crippen molar-refractivity contribution in [3.8, 4) is 11.5 Å². The molecule has 0 aliphatic carbocycles. The molecular formula is C12H19NO3. The fourth-order valence-corrected chi connectivity index (χ4v) is 1.66. The molecule has 4 nitrogen and oxygen atoms in total. The molecule has 90 valence electrons. The molecule has 0 saturated heterocycles. The zero-order valence-electron chi connectivity index (χ0n) is 9.95. The van der Waals surface area contributed by atoms with Crippen molar-refractivity contribution in [2.24, 2.45) is 0 Å². The van der Waals surface area contributed by atoms with Crippen molar-refractivity contribution in [2.75, 3.05) is 20.3 Å². The zero-order chi connectivity index (χ0) is 12.2. The number of aliphatic hydroxyl groups is 1. The lowest BCUT2D eigenvalue weighted by atomic mass is 9.92. The molecule has 0 fully saturated rings. The monoisotopic (exact) mass is 225 g/mol. The summed E-state index contributed by atoms with van der Waals surface area (Å²) < 4.78 is 5.04. The van der Waals surface area contributed by atoms with Crippen molar-refractivity contribution in [1.29, 1.82) is 0 Å². The molecule has 0 bridgehead atoms. The average Bonchev–Trinajstić information content (AvgIpc) is 2.29. The van der Waals surface area contributed by atoms with Gasteiger partial charge in [-0.1, -0.05) is 13.0 Å². The number of likely N-dealkylation sites (N-methyl/N-ethyl adjacent to an activating group) is 1. The summed E-state index contributed by atoms with van der Waals surface area (Å²) in [4.78, 5) is 0. The summed E-state index contributed by atoms with van der Waals surface area (Å²) in [5, 5.41) is 22.1. The standard InChI is InChI=1S/C12H19NO3/c1-4-13-12(2,8-14)9-5-6-10(15)11(7-9)16-3/h5-7,13-15H,4,8H2,1-3H3. The molecular weight excluding hydrogens is 206 g/mol. The first-order chi connectivity index (χ1) is 7.57. The number of rotatable bonds is 5. The molecule has 0 aliphatic rings. The van der Waals surface area contributed by atoms with Crippen molar-refractivity contribution in [3.05, 3.63) is 23.8 Å². The molecule has 0 radical (unpaired) electrons. The molecule has 0 amide bonds. The fourth-order valence-electron chi connectivity index (χ4n) is 1.66. The van der Waals surface area contributed by atoms with Crippen LogP contribution in [0.15, 0.2) is 18.2 Å². The summed E-state index contributed by atoms with van der Waals surface area (Å²) in [6.07, 6.45) is 0. The van der Waals surface area contributed by atoms with Gasteiger partial charge in [-0.2, -0.15) is 0 Å². The predicted octanol–water partition coefficient (Wildman–Crippen LogP) is 1.22. The van der Waals surface area contributed by atoms with Crippen LogP contribution in [0.2, 0.25) is 0 Å². The number of nitrogens with one attached hydrogen (secondary N) is 1. The number of methoxy groups -OCH3 is 1. The predicted molar refractivity (Wildman–Crippen MR) is 62.8 cm³/mol. The lowest BCUT2D eigenvalue weighted by Crippen LogP contribution is -2.42. The van der Waals surface area contributed by atoms with Crippen molar-refractivity contribution in [3.63, 3.8) is 0 Å². The maximum atomic E-state index is 9.50. The molecule has 1 aromatic carbocycles. The third-order valence-corrected chi connectivity index (χ3v) is 2.70. The second kappa shape index (κ2) is 5.18. The molecule has 0 heterocycles. The van der Waals surface area contributed by atoms with E-state index in [1.165, 1.54) is 7.11 Å². The Morgan fingerprint density at radius 3 is 2.62 bits per heavy atom. The van der Waals surface area contributed by atoms with E-state index in [-0.39, 0.29) is 12.4 Å². The molecule has 0 spiro atoms. The Morgan fingerprint density at radius 2 is 2.12 bits per heavy atom. The van der Waals surface area contributed by atoms with E-state index >= 15 is 0 Å². The highest BCUT2D eigenvalue weighted by atomic mass is 16.5. The van der Waals surface area contributed by atoms with E-state index in [9.17, 15) is 10.2 Å². The lowest BCUT2D eigenvalue weighted by molar-refractivity contribution is 0.177. The van der Waals surface area contributed by atoms with Gasteiger partial charge in [-0.25, -0.2) is 0 Å². The lowest BCUT2D eigenvalue weighted by Gasteiger charge is -2.29. The van der Waals surface area contributed by atoms with Crippen LogP contribution >= 0.6 is 0 Å². The largest absolute Gasteiger partial charge is 0.504 e. The molecule has 1 atom stereocenters. The number of phenols is 1. The van der Waals surface area contributed by atoms with E-state index in [4.69, 9.17) is 4.74 Å². The quantitative estimate of drug-likeness (QED) is 0.705. The second-order valence-corrected chi connectivity index (χ2v) is 3.91. The maximum absolute atomic E-state index is 9.50. The number of aromatic hydroxyl groups is 1. The molecule has 4 heteroatoms. The first-order valence-corrected chi connectivity index (χ1v) is 5.30. The third-order valence-electron chi connectivity index (χ3n) is 2.70. The number of hydrogen-bond acceptors (Lipinski definition) is 4. The Labute approximate surface area is 95.9 Å². The summed E-state index contributed by atoms with van der Waals surface area (Å²) >= 11 is 0. The highest BCUT2D eigenvalue weighted by molar-refractivity contribution is 5.43. The fraction of sp³-hybridized carbons (Fsp3) is 0.500.